The Kier molecular flexibility index (Phi) is 3.66. The van der Waals surface area contributed by atoms with Gasteiger partial charge in [-0.3, -0.25) is 5.10 Å². The van der Waals surface area contributed by atoms with Gasteiger partial charge >= 0.3 is 0 Å². The second-order valence-corrected chi connectivity index (χ2v) is 5.78. The van der Waals surface area contributed by atoms with Gasteiger partial charge in [-0.2, -0.15) is 5.10 Å². The summed E-state index contributed by atoms with van der Waals surface area (Å²) in [6.45, 7) is 3.52. The third-order valence-electron chi connectivity index (χ3n) is 4.16. The number of furan rings is 1. The Bertz CT molecular complexity index is 723. The van der Waals surface area contributed by atoms with Crippen molar-refractivity contribution in [2.24, 2.45) is 5.92 Å². The first-order valence-corrected chi connectivity index (χ1v) is 7.70. The largest absolute Gasteiger partial charge is 0.454 e. The minimum absolute atomic E-state index is 0.626. The molecule has 1 aromatic carbocycles. The highest BCUT2D eigenvalue weighted by Gasteiger charge is 2.16. The van der Waals surface area contributed by atoms with Crippen LogP contribution in [0.15, 0.2) is 40.9 Å². The van der Waals surface area contributed by atoms with Crippen molar-refractivity contribution in [3.63, 3.8) is 0 Å². The smallest absolute Gasteiger partial charge is 0.153 e. The molecule has 5 heteroatoms. The molecule has 3 heterocycles. The van der Waals surface area contributed by atoms with Crippen LogP contribution < -0.4 is 5.32 Å². The molecule has 0 spiro atoms. The normalized spacial score (nSPS) is 18.3. The molecule has 1 aliphatic rings. The Balaban J connectivity index is 1.49. The number of hydrogen-bond acceptors (Lipinski definition) is 4. The molecule has 2 aromatic heterocycles. The first-order valence-electron chi connectivity index (χ1n) is 7.70. The predicted octanol–water partition coefficient (Wildman–Crippen LogP) is 2.95. The summed E-state index contributed by atoms with van der Waals surface area (Å²) in [5, 5.41) is 11.8. The zero-order chi connectivity index (χ0) is 14.8. The second-order valence-electron chi connectivity index (χ2n) is 5.78. The number of aromatic nitrogens is 2. The fourth-order valence-corrected chi connectivity index (χ4v) is 2.92. The number of nitrogens with one attached hydrogen (secondary N) is 2. The molecule has 0 radical (unpaired) electrons. The van der Waals surface area contributed by atoms with Crippen LogP contribution in [0.2, 0.25) is 0 Å². The molecule has 0 bridgehead atoms. The Labute approximate surface area is 128 Å². The third-order valence-corrected chi connectivity index (χ3v) is 4.16. The molecule has 0 unspecified atom stereocenters. The lowest BCUT2D eigenvalue weighted by Crippen LogP contribution is -2.22. The number of hydrogen-bond donors (Lipinski definition) is 2. The monoisotopic (exact) mass is 297 g/mol. The fourth-order valence-electron chi connectivity index (χ4n) is 2.92. The summed E-state index contributed by atoms with van der Waals surface area (Å²) in [6.07, 6.45) is 3.01. The van der Waals surface area contributed by atoms with E-state index in [2.05, 4.69) is 27.6 Å². The van der Waals surface area contributed by atoms with Gasteiger partial charge in [-0.1, -0.05) is 18.2 Å². The lowest BCUT2D eigenvalue weighted by Gasteiger charge is -2.08. The van der Waals surface area contributed by atoms with Gasteiger partial charge in [-0.05, 0) is 24.5 Å². The highest BCUT2D eigenvalue weighted by Crippen LogP contribution is 2.28. The maximum absolute atomic E-state index is 5.91. The molecule has 0 aliphatic carbocycles. The van der Waals surface area contributed by atoms with Crippen molar-refractivity contribution in [2.45, 2.75) is 13.0 Å². The zero-order valence-electron chi connectivity index (χ0n) is 12.3. The first kappa shape index (κ1) is 13.5. The summed E-state index contributed by atoms with van der Waals surface area (Å²) in [4.78, 5) is 0. The Morgan fingerprint density at radius 1 is 1.32 bits per heavy atom. The van der Waals surface area contributed by atoms with Gasteiger partial charge < -0.3 is 14.5 Å². The molecule has 0 saturated carbocycles. The van der Waals surface area contributed by atoms with Crippen LogP contribution in [0.5, 0.6) is 0 Å². The first-order chi connectivity index (χ1) is 10.9. The standard InChI is InChI=1S/C17H19N3O2/c1-2-4-15-13(3-1)7-16(22-15)17-14(10-19-20-17)9-18-8-12-5-6-21-11-12/h1-4,7,10,12,18H,5-6,8-9,11H2,(H,19,20)/t12-/m0/s1. The fraction of sp³-hybridized carbons (Fsp3) is 0.353. The molecule has 22 heavy (non-hydrogen) atoms. The summed E-state index contributed by atoms with van der Waals surface area (Å²) in [5.41, 5.74) is 2.97. The van der Waals surface area contributed by atoms with E-state index in [4.69, 9.17) is 9.15 Å². The third kappa shape index (κ3) is 2.65. The molecule has 1 aliphatic heterocycles. The number of benzene rings is 1. The topological polar surface area (TPSA) is 63.1 Å². The number of H-pyrrole nitrogens is 1. The van der Waals surface area contributed by atoms with Crippen LogP contribution in [0.25, 0.3) is 22.4 Å². The lowest BCUT2D eigenvalue weighted by atomic mass is 10.1. The minimum Gasteiger partial charge on any atom is -0.454 e. The quantitative estimate of drug-likeness (QED) is 0.760. The van der Waals surface area contributed by atoms with Crippen LogP contribution in [0, 0.1) is 5.92 Å². The second kappa shape index (κ2) is 5.94. The average molecular weight is 297 g/mol. The molecule has 1 saturated heterocycles. The molecular formula is C17H19N3O2. The van der Waals surface area contributed by atoms with Crippen LogP contribution in [0.4, 0.5) is 0 Å². The molecular weight excluding hydrogens is 278 g/mol. The van der Waals surface area contributed by atoms with Crippen molar-refractivity contribution in [3.8, 4) is 11.5 Å². The highest BCUT2D eigenvalue weighted by atomic mass is 16.5. The number of fused-ring (bicyclic) bond motifs is 1. The molecule has 5 nitrogen and oxygen atoms in total. The van der Waals surface area contributed by atoms with Crippen molar-refractivity contribution < 1.29 is 9.15 Å². The number of ether oxygens (including phenoxy) is 1. The number of aromatic amines is 1. The van der Waals surface area contributed by atoms with Crippen molar-refractivity contribution in [1.29, 1.82) is 0 Å². The van der Waals surface area contributed by atoms with Gasteiger partial charge in [0.25, 0.3) is 0 Å². The summed E-state index contributed by atoms with van der Waals surface area (Å²) in [6, 6.07) is 10.1. The Hall–Kier alpha value is -2.11. The number of nitrogens with zero attached hydrogens (tertiary/aromatic N) is 1. The minimum atomic E-state index is 0.626. The molecule has 0 amide bonds. The molecule has 3 aromatic rings. The summed E-state index contributed by atoms with van der Waals surface area (Å²) < 4.78 is 11.3. The Morgan fingerprint density at radius 2 is 2.27 bits per heavy atom. The molecule has 2 N–H and O–H groups in total. The average Bonchev–Trinajstić information content (AvgIpc) is 3.27. The van der Waals surface area contributed by atoms with Gasteiger partial charge in [0, 0.05) is 30.6 Å². The van der Waals surface area contributed by atoms with Gasteiger partial charge in [0.2, 0.25) is 0 Å². The van der Waals surface area contributed by atoms with Gasteiger partial charge in [0.15, 0.2) is 5.76 Å². The molecule has 4 rings (SSSR count). The van der Waals surface area contributed by atoms with E-state index in [1.54, 1.807) is 0 Å². The molecule has 1 atom stereocenters. The van der Waals surface area contributed by atoms with Crippen LogP contribution in [-0.2, 0) is 11.3 Å². The number of rotatable bonds is 5. The van der Waals surface area contributed by atoms with Crippen molar-refractivity contribution in [2.75, 3.05) is 19.8 Å². The van der Waals surface area contributed by atoms with Crippen molar-refractivity contribution >= 4 is 11.0 Å². The predicted molar refractivity (Wildman–Crippen MR) is 84.4 cm³/mol. The van der Waals surface area contributed by atoms with Gasteiger partial charge in [-0.25, -0.2) is 0 Å². The van der Waals surface area contributed by atoms with E-state index in [1.807, 2.05) is 24.4 Å². The summed E-state index contributed by atoms with van der Waals surface area (Å²) in [7, 11) is 0. The van der Waals surface area contributed by atoms with Gasteiger partial charge in [-0.15, -0.1) is 0 Å². The summed E-state index contributed by atoms with van der Waals surface area (Å²) in [5.74, 6) is 1.46. The van der Waals surface area contributed by atoms with Crippen LogP contribution in [0.1, 0.15) is 12.0 Å². The van der Waals surface area contributed by atoms with Crippen LogP contribution in [0.3, 0.4) is 0 Å². The van der Waals surface area contributed by atoms with Crippen molar-refractivity contribution in [1.82, 2.24) is 15.5 Å². The van der Waals surface area contributed by atoms with E-state index in [-0.39, 0.29) is 0 Å². The van der Waals surface area contributed by atoms with E-state index in [0.29, 0.717) is 5.92 Å². The Morgan fingerprint density at radius 3 is 3.14 bits per heavy atom. The van der Waals surface area contributed by atoms with E-state index < -0.39 is 0 Å². The maximum atomic E-state index is 5.91. The summed E-state index contributed by atoms with van der Waals surface area (Å²) >= 11 is 0. The van der Waals surface area contributed by atoms with E-state index in [1.165, 1.54) is 0 Å². The van der Waals surface area contributed by atoms with E-state index in [9.17, 15) is 0 Å². The van der Waals surface area contributed by atoms with E-state index in [0.717, 1.165) is 60.7 Å². The maximum Gasteiger partial charge on any atom is 0.153 e. The number of para-hydroxylation sites is 1. The van der Waals surface area contributed by atoms with Gasteiger partial charge in [0.05, 0.1) is 12.8 Å². The SMILES string of the molecule is c1ccc2oc(-c3[nH]ncc3CNC[C@@H]3CCOC3)cc2c1. The van der Waals surface area contributed by atoms with E-state index >= 15 is 0 Å². The lowest BCUT2D eigenvalue weighted by molar-refractivity contribution is 0.185. The molecule has 114 valence electrons. The molecule has 1 fully saturated rings. The van der Waals surface area contributed by atoms with Crippen LogP contribution >= 0.6 is 0 Å². The van der Waals surface area contributed by atoms with Gasteiger partial charge in [0.1, 0.15) is 11.3 Å². The van der Waals surface area contributed by atoms with Crippen molar-refractivity contribution in [3.05, 3.63) is 42.1 Å². The zero-order valence-corrected chi connectivity index (χ0v) is 12.3. The highest BCUT2D eigenvalue weighted by molar-refractivity contribution is 5.82. The van der Waals surface area contributed by atoms with Crippen LogP contribution in [-0.4, -0.2) is 30.0 Å².